The van der Waals surface area contributed by atoms with Crippen LogP contribution in [0.2, 0.25) is 15.1 Å². The number of nitrogens with zero attached hydrogens (tertiary/aromatic N) is 1. The van der Waals surface area contributed by atoms with Gasteiger partial charge in [0.05, 0.1) is 0 Å². The standard InChI is InChI=1S/C23H14Cl3NO2/c24-18-10-8-15(9-11-18)23(28)17(13-27)12-16-4-1-2-7-22(16)29-14-19-20(25)5-3-6-21(19)26/h1-12H,14H2/b17-12+. The van der Waals surface area contributed by atoms with E-state index in [1.165, 1.54) is 6.08 Å². The van der Waals surface area contributed by atoms with Gasteiger partial charge in [0, 0.05) is 31.8 Å². The summed E-state index contributed by atoms with van der Waals surface area (Å²) in [6.07, 6.45) is 1.50. The summed E-state index contributed by atoms with van der Waals surface area (Å²) in [5.41, 5.74) is 1.62. The van der Waals surface area contributed by atoms with Gasteiger partial charge in [-0.15, -0.1) is 0 Å². The Morgan fingerprint density at radius 2 is 1.59 bits per heavy atom. The van der Waals surface area contributed by atoms with Crippen LogP contribution in [0, 0.1) is 11.3 Å². The first-order chi connectivity index (χ1) is 14.0. The van der Waals surface area contributed by atoms with Crippen molar-refractivity contribution in [3.8, 4) is 11.8 Å². The molecule has 29 heavy (non-hydrogen) atoms. The van der Waals surface area contributed by atoms with Crippen molar-refractivity contribution in [1.29, 1.82) is 5.26 Å². The lowest BCUT2D eigenvalue weighted by Crippen LogP contribution is -2.02. The third kappa shape index (κ3) is 5.19. The van der Waals surface area contributed by atoms with Gasteiger partial charge in [0.15, 0.2) is 0 Å². The van der Waals surface area contributed by atoms with Crippen molar-refractivity contribution in [3.63, 3.8) is 0 Å². The summed E-state index contributed by atoms with van der Waals surface area (Å²) in [6, 6.07) is 20.7. The lowest BCUT2D eigenvalue weighted by molar-refractivity contribution is 0.104. The highest BCUT2D eigenvalue weighted by molar-refractivity contribution is 6.36. The number of hydrogen-bond acceptors (Lipinski definition) is 3. The Morgan fingerprint density at radius 1 is 0.931 bits per heavy atom. The molecular weight excluding hydrogens is 429 g/mol. The van der Waals surface area contributed by atoms with Gasteiger partial charge < -0.3 is 4.74 Å². The van der Waals surface area contributed by atoms with Crippen molar-refractivity contribution in [3.05, 3.63) is 104 Å². The molecule has 0 heterocycles. The average Bonchev–Trinajstić information content (AvgIpc) is 2.72. The second-order valence-corrected chi connectivity index (χ2v) is 7.28. The Hall–Kier alpha value is -2.77. The Labute approximate surface area is 183 Å². The Kier molecular flexibility index (Phi) is 6.95. The Bertz CT molecular complexity index is 1100. The van der Waals surface area contributed by atoms with Crippen LogP contribution < -0.4 is 4.74 Å². The van der Waals surface area contributed by atoms with Gasteiger partial charge in [-0.05, 0) is 48.5 Å². The first-order valence-electron chi connectivity index (χ1n) is 8.56. The maximum absolute atomic E-state index is 12.7. The molecule has 0 amide bonds. The third-order valence-electron chi connectivity index (χ3n) is 4.12. The molecule has 0 atom stereocenters. The molecule has 144 valence electrons. The SMILES string of the molecule is N#C/C(=C\c1ccccc1OCc1c(Cl)cccc1Cl)C(=O)c1ccc(Cl)cc1. The maximum Gasteiger partial charge on any atom is 0.203 e. The van der Waals surface area contributed by atoms with Crippen LogP contribution in [-0.4, -0.2) is 5.78 Å². The van der Waals surface area contributed by atoms with Gasteiger partial charge in [-0.1, -0.05) is 59.1 Å². The van der Waals surface area contributed by atoms with Crippen molar-refractivity contribution in [2.45, 2.75) is 6.61 Å². The van der Waals surface area contributed by atoms with Crippen LogP contribution in [0.25, 0.3) is 6.08 Å². The molecule has 0 bridgehead atoms. The van der Waals surface area contributed by atoms with Gasteiger partial charge in [-0.2, -0.15) is 5.26 Å². The summed E-state index contributed by atoms with van der Waals surface area (Å²) in [7, 11) is 0. The molecule has 0 spiro atoms. The van der Waals surface area contributed by atoms with E-state index in [2.05, 4.69) is 0 Å². The van der Waals surface area contributed by atoms with E-state index < -0.39 is 5.78 Å². The second-order valence-electron chi connectivity index (χ2n) is 6.03. The fourth-order valence-electron chi connectivity index (χ4n) is 2.61. The molecule has 0 aromatic heterocycles. The Morgan fingerprint density at radius 3 is 2.24 bits per heavy atom. The number of halogens is 3. The van der Waals surface area contributed by atoms with Crippen molar-refractivity contribution >= 4 is 46.7 Å². The number of carbonyl (C=O) groups excluding carboxylic acids is 1. The number of benzene rings is 3. The minimum absolute atomic E-state index is 0.0147. The fourth-order valence-corrected chi connectivity index (χ4v) is 3.24. The first-order valence-corrected chi connectivity index (χ1v) is 9.70. The highest BCUT2D eigenvalue weighted by atomic mass is 35.5. The molecule has 3 aromatic rings. The topological polar surface area (TPSA) is 50.1 Å². The molecule has 0 aliphatic carbocycles. The van der Waals surface area contributed by atoms with Crippen LogP contribution >= 0.6 is 34.8 Å². The molecule has 3 nitrogen and oxygen atoms in total. The van der Waals surface area contributed by atoms with Crippen LogP contribution in [0.5, 0.6) is 5.75 Å². The van der Waals surface area contributed by atoms with Crippen LogP contribution in [0.3, 0.4) is 0 Å². The van der Waals surface area contributed by atoms with Gasteiger partial charge in [-0.3, -0.25) is 4.79 Å². The third-order valence-corrected chi connectivity index (χ3v) is 5.08. The molecule has 0 unspecified atom stereocenters. The molecule has 0 saturated heterocycles. The molecule has 6 heteroatoms. The second kappa shape index (κ2) is 9.62. The number of ether oxygens (including phenoxy) is 1. The Balaban J connectivity index is 1.88. The van der Waals surface area contributed by atoms with E-state index >= 15 is 0 Å². The van der Waals surface area contributed by atoms with E-state index in [-0.39, 0.29) is 12.2 Å². The van der Waals surface area contributed by atoms with E-state index in [1.54, 1.807) is 66.7 Å². The normalized spacial score (nSPS) is 11.0. The quantitative estimate of drug-likeness (QED) is 0.234. The van der Waals surface area contributed by atoms with Gasteiger partial charge in [0.2, 0.25) is 5.78 Å². The van der Waals surface area contributed by atoms with Crippen molar-refractivity contribution in [2.75, 3.05) is 0 Å². The van der Waals surface area contributed by atoms with Crippen LogP contribution in [0.1, 0.15) is 21.5 Å². The zero-order valence-electron chi connectivity index (χ0n) is 15.0. The van der Waals surface area contributed by atoms with E-state index in [9.17, 15) is 10.1 Å². The highest BCUT2D eigenvalue weighted by Crippen LogP contribution is 2.28. The molecule has 0 aliphatic rings. The number of para-hydroxylation sites is 1. The van der Waals surface area contributed by atoms with E-state index in [0.717, 1.165) is 0 Å². The monoisotopic (exact) mass is 441 g/mol. The number of nitriles is 1. The van der Waals surface area contributed by atoms with E-state index in [1.807, 2.05) is 6.07 Å². The number of hydrogen-bond donors (Lipinski definition) is 0. The van der Waals surface area contributed by atoms with Crippen molar-refractivity contribution in [1.82, 2.24) is 0 Å². The van der Waals surface area contributed by atoms with Gasteiger partial charge in [0.25, 0.3) is 0 Å². The molecule has 0 fully saturated rings. The summed E-state index contributed by atoms with van der Waals surface area (Å²) < 4.78 is 5.88. The van der Waals surface area contributed by atoms with Crippen LogP contribution in [-0.2, 0) is 6.61 Å². The lowest BCUT2D eigenvalue weighted by atomic mass is 10.0. The van der Waals surface area contributed by atoms with Gasteiger partial charge in [0.1, 0.15) is 24.0 Å². The summed E-state index contributed by atoms with van der Waals surface area (Å²) in [6.45, 7) is 0.149. The number of allylic oxidation sites excluding steroid dienone is 1. The molecule has 0 aliphatic heterocycles. The van der Waals surface area contributed by atoms with Crippen molar-refractivity contribution < 1.29 is 9.53 Å². The summed E-state index contributed by atoms with van der Waals surface area (Å²) in [4.78, 5) is 12.7. The average molecular weight is 443 g/mol. The number of rotatable bonds is 6. The molecule has 0 saturated carbocycles. The largest absolute Gasteiger partial charge is 0.488 e. The molecule has 3 rings (SSSR count). The molecule has 0 radical (unpaired) electrons. The minimum Gasteiger partial charge on any atom is -0.488 e. The number of ketones is 1. The van der Waals surface area contributed by atoms with Crippen LogP contribution in [0.15, 0.2) is 72.3 Å². The molecule has 0 N–H and O–H groups in total. The predicted molar refractivity (Wildman–Crippen MR) is 117 cm³/mol. The van der Waals surface area contributed by atoms with Crippen LogP contribution in [0.4, 0.5) is 0 Å². The first kappa shape index (κ1) is 21.0. The number of carbonyl (C=O) groups is 1. The summed E-state index contributed by atoms with van der Waals surface area (Å²) >= 11 is 18.2. The zero-order chi connectivity index (χ0) is 20.8. The summed E-state index contributed by atoms with van der Waals surface area (Å²) in [5, 5.41) is 11.0. The molecular formula is C23H14Cl3NO2. The van der Waals surface area contributed by atoms with E-state index in [0.29, 0.717) is 37.5 Å². The van der Waals surface area contributed by atoms with E-state index in [4.69, 9.17) is 39.5 Å². The van der Waals surface area contributed by atoms with Gasteiger partial charge >= 0.3 is 0 Å². The number of Topliss-reactive ketones (excluding diaryl/α,β-unsaturated/α-hetero) is 1. The zero-order valence-corrected chi connectivity index (χ0v) is 17.3. The highest BCUT2D eigenvalue weighted by Gasteiger charge is 2.14. The lowest BCUT2D eigenvalue weighted by Gasteiger charge is -2.12. The van der Waals surface area contributed by atoms with Gasteiger partial charge in [-0.25, -0.2) is 0 Å². The smallest absolute Gasteiger partial charge is 0.203 e. The minimum atomic E-state index is -0.395. The fraction of sp³-hybridized carbons (Fsp3) is 0.0435. The predicted octanol–water partition coefficient (Wildman–Crippen LogP) is 7.02. The maximum atomic E-state index is 12.7. The summed E-state index contributed by atoms with van der Waals surface area (Å²) in [5.74, 6) is 0.105. The molecule has 3 aromatic carbocycles. The van der Waals surface area contributed by atoms with Crippen molar-refractivity contribution in [2.24, 2.45) is 0 Å².